The average molecular weight is 310 g/mol. The molecular formula is C19H22N2O2. The van der Waals surface area contributed by atoms with Crippen molar-refractivity contribution < 1.29 is 9.84 Å². The Bertz CT molecular complexity index is 666. The molecule has 0 saturated carbocycles. The Morgan fingerprint density at radius 3 is 2.09 bits per heavy atom. The van der Waals surface area contributed by atoms with Gasteiger partial charge in [-0.2, -0.15) is 0 Å². The molecule has 0 radical (unpaired) electrons. The summed E-state index contributed by atoms with van der Waals surface area (Å²) >= 11 is 0. The van der Waals surface area contributed by atoms with Crippen LogP contribution in [0.1, 0.15) is 24.0 Å². The van der Waals surface area contributed by atoms with Crippen molar-refractivity contribution in [2.24, 2.45) is 9.98 Å². The first kappa shape index (κ1) is 16.7. The summed E-state index contributed by atoms with van der Waals surface area (Å²) in [6, 6.07) is 15.0. The Balaban J connectivity index is 1.68. The zero-order chi connectivity index (χ0) is 16.3. The van der Waals surface area contributed by atoms with Crippen molar-refractivity contribution in [2.45, 2.75) is 12.8 Å². The van der Waals surface area contributed by atoms with Crippen molar-refractivity contribution in [3.8, 4) is 11.5 Å². The minimum atomic E-state index is 0.262. The molecule has 4 heteroatoms. The van der Waals surface area contributed by atoms with Crippen molar-refractivity contribution in [3.63, 3.8) is 0 Å². The van der Waals surface area contributed by atoms with Gasteiger partial charge in [0, 0.05) is 36.6 Å². The second-order valence-corrected chi connectivity index (χ2v) is 5.08. The van der Waals surface area contributed by atoms with Gasteiger partial charge >= 0.3 is 0 Å². The lowest BCUT2D eigenvalue weighted by Gasteiger charge is -2.02. The molecular weight excluding hydrogens is 288 g/mol. The van der Waals surface area contributed by atoms with Crippen molar-refractivity contribution >= 4 is 12.4 Å². The molecule has 0 aliphatic rings. The predicted octanol–water partition coefficient (Wildman–Crippen LogP) is 3.72. The van der Waals surface area contributed by atoms with Gasteiger partial charge in [0.2, 0.25) is 0 Å². The molecule has 0 fully saturated rings. The van der Waals surface area contributed by atoms with Crippen molar-refractivity contribution in [1.82, 2.24) is 0 Å². The fourth-order valence-electron chi connectivity index (χ4n) is 2.10. The Labute approximate surface area is 137 Å². The molecule has 0 heterocycles. The van der Waals surface area contributed by atoms with E-state index < -0.39 is 0 Å². The standard InChI is InChI=1S/C19H22N2O2/c1-23-19-11-5-3-9-17(19)15-21-13-7-6-12-20-14-16-8-2-4-10-18(16)22/h2-5,8-11,14-15,22H,6-7,12-13H2,1H3. The summed E-state index contributed by atoms with van der Waals surface area (Å²) in [5.41, 5.74) is 1.74. The van der Waals surface area contributed by atoms with E-state index in [-0.39, 0.29) is 5.75 Å². The van der Waals surface area contributed by atoms with Crippen LogP contribution in [0.15, 0.2) is 58.5 Å². The number of para-hydroxylation sites is 2. The minimum Gasteiger partial charge on any atom is -0.507 e. The third-order valence-corrected chi connectivity index (χ3v) is 3.36. The number of benzene rings is 2. The van der Waals surface area contributed by atoms with Gasteiger partial charge in [0.15, 0.2) is 0 Å². The zero-order valence-corrected chi connectivity index (χ0v) is 13.4. The van der Waals surface area contributed by atoms with E-state index in [0.717, 1.165) is 42.8 Å². The largest absolute Gasteiger partial charge is 0.507 e. The summed E-state index contributed by atoms with van der Waals surface area (Å²) in [4.78, 5) is 8.75. The lowest BCUT2D eigenvalue weighted by atomic mass is 10.2. The highest BCUT2D eigenvalue weighted by Crippen LogP contribution is 2.15. The van der Waals surface area contributed by atoms with Gasteiger partial charge < -0.3 is 9.84 Å². The van der Waals surface area contributed by atoms with Crippen LogP contribution >= 0.6 is 0 Å². The highest BCUT2D eigenvalue weighted by molar-refractivity contribution is 5.83. The van der Waals surface area contributed by atoms with Gasteiger partial charge in [-0.3, -0.25) is 9.98 Å². The number of aromatic hydroxyl groups is 1. The smallest absolute Gasteiger partial charge is 0.127 e. The first-order valence-corrected chi connectivity index (χ1v) is 7.72. The van der Waals surface area contributed by atoms with Crippen LogP contribution in [0.4, 0.5) is 0 Å². The van der Waals surface area contributed by atoms with Gasteiger partial charge in [0.1, 0.15) is 11.5 Å². The maximum absolute atomic E-state index is 9.61. The summed E-state index contributed by atoms with van der Waals surface area (Å²) in [5.74, 6) is 1.10. The number of hydrogen-bond donors (Lipinski definition) is 1. The van der Waals surface area contributed by atoms with Crippen LogP contribution in [0.3, 0.4) is 0 Å². The Morgan fingerprint density at radius 1 is 0.870 bits per heavy atom. The summed E-state index contributed by atoms with van der Waals surface area (Å²) in [7, 11) is 1.66. The van der Waals surface area contributed by atoms with Gasteiger partial charge in [-0.15, -0.1) is 0 Å². The fourth-order valence-corrected chi connectivity index (χ4v) is 2.10. The van der Waals surface area contributed by atoms with Crippen LogP contribution in [0.2, 0.25) is 0 Å². The van der Waals surface area contributed by atoms with Crippen LogP contribution in [0.25, 0.3) is 0 Å². The Morgan fingerprint density at radius 2 is 1.43 bits per heavy atom. The third-order valence-electron chi connectivity index (χ3n) is 3.36. The molecule has 1 N–H and O–H groups in total. The summed E-state index contributed by atoms with van der Waals surface area (Å²) in [5, 5.41) is 9.61. The number of rotatable bonds is 8. The van der Waals surface area contributed by atoms with Crippen LogP contribution in [-0.4, -0.2) is 37.7 Å². The normalized spacial score (nSPS) is 11.3. The van der Waals surface area contributed by atoms with E-state index in [4.69, 9.17) is 4.74 Å². The van der Waals surface area contributed by atoms with Crippen molar-refractivity contribution in [2.75, 3.05) is 20.2 Å². The van der Waals surface area contributed by atoms with Crippen molar-refractivity contribution in [3.05, 3.63) is 59.7 Å². The number of phenols is 1. The lowest BCUT2D eigenvalue weighted by Crippen LogP contribution is -1.92. The number of methoxy groups -OCH3 is 1. The molecule has 0 saturated heterocycles. The minimum absolute atomic E-state index is 0.262. The molecule has 0 atom stereocenters. The van der Waals surface area contributed by atoms with Crippen LogP contribution in [0, 0.1) is 0 Å². The van der Waals surface area contributed by atoms with E-state index in [1.165, 1.54) is 0 Å². The zero-order valence-electron chi connectivity index (χ0n) is 13.4. The number of unbranched alkanes of at least 4 members (excludes halogenated alkanes) is 1. The monoisotopic (exact) mass is 310 g/mol. The molecule has 2 aromatic carbocycles. The molecule has 0 aliphatic heterocycles. The van der Waals surface area contributed by atoms with E-state index in [2.05, 4.69) is 9.98 Å². The van der Waals surface area contributed by atoms with E-state index in [0.29, 0.717) is 0 Å². The van der Waals surface area contributed by atoms with Crippen LogP contribution in [0.5, 0.6) is 11.5 Å². The molecule has 4 nitrogen and oxygen atoms in total. The molecule has 0 aliphatic carbocycles. The van der Waals surface area contributed by atoms with Gasteiger partial charge in [-0.05, 0) is 37.1 Å². The third kappa shape index (κ3) is 5.58. The molecule has 2 aromatic rings. The number of aliphatic imine (C=N–C) groups is 2. The Hall–Kier alpha value is -2.62. The van der Waals surface area contributed by atoms with E-state index >= 15 is 0 Å². The van der Waals surface area contributed by atoms with E-state index in [1.807, 2.05) is 42.6 Å². The van der Waals surface area contributed by atoms with Gasteiger partial charge in [0.25, 0.3) is 0 Å². The van der Waals surface area contributed by atoms with Crippen LogP contribution < -0.4 is 4.74 Å². The molecule has 0 unspecified atom stereocenters. The summed E-state index contributed by atoms with van der Waals surface area (Å²) in [6.07, 6.45) is 5.51. The number of hydrogen-bond acceptors (Lipinski definition) is 4. The van der Waals surface area contributed by atoms with Gasteiger partial charge in [-0.25, -0.2) is 0 Å². The molecule has 23 heavy (non-hydrogen) atoms. The fraction of sp³-hybridized carbons (Fsp3) is 0.263. The summed E-state index contributed by atoms with van der Waals surface area (Å²) < 4.78 is 5.28. The van der Waals surface area contributed by atoms with E-state index in [9.17, 15) is 5.11 Å². The molecule has 120 valence electrons. The molecule has 0 spiro atoms. The van der Waals surface area contributed by atoms with Gasteiger partial charge in [0.05, 0.1) is 7.11 Å². The molecule has 0 aromatic heterocycles. The predicted molar refractivity (Wildman–Crippen MR) is 95.3 cm³/mol. The van der Waals surface area contributed by atoms with Crippen molar-refractivity contribution in [1.29, 1.82) is 0 Å². The SMILES string of the molecule is COc1ccccc1C=NCCCCN=Cc1ccccc1O. The first-order valence-electron chi connectivity index (χ1n) is 7.72. The van der Waals surface area contributed by atoms with E-state index in [1.54, 1.807) is 25.5 Å². The quantitative estimate of drug-likeness (QED) is 0.597. The summed E-state index contributed by atoms with van der Waals surface area (Å²) in [6.45, 7) is 1.50. The highest BCUT2D eigenvalue weighted by atomic mass is 16.5. The van der Waals surface area contributed by atoms with Gasteiger partial charge in [-0.1, -0.05) is 24.3 Å². The van der Waals surface area contributed by atoms with Crippen LogP contribution in [-0.2, 0) is 0 Å². The molecule has 0 amide bonds. The maximum atomic E-state index is 9.61. The maximum Gasteiger partial charge on any atom is 0.127 e. The average Bonchev–Trinajstić information content (AvgIpc) is 2.59. The first-order chi connectivity index (χ1) is 11.3. The Kier molecular flexibility index (Phi) is 6.85. The molecule has 0 bridgehead atoms. The second kappa shape index (κ2) is 9.41. The molecule has 2 rings (SSSR count). The number of nitrogens with zero attached hydrogens (tertiary/aromatic N) is 2. The lowest BCUT2D eigenvalue weighted by molar-refractivity contribution is 0.414. The number of phenolic OH excluding ortho intramolecular Hbond substituents is 1. The highest BCUT2D eigenvalue weighted by Gasteiger charge is 1.97. The number of ether oxygens (including phenoxy) is 1. The topological polar surface area (TPSA) is 54.2 Å². The second-order valence-electron chi connectivity index (χ2n) is 5.08.